The van der Waals surface area contributed by atoms with Crippen LogP contribution in [-0.4, -0.2) is 81.6 Å². The average molecular weight is 431 g/mol. The summed E-state index contributed by atoms with van der Waals surface area (Å²) in [7, 11) is -3.47. The number of hydrogen-bond acceptors (Lipinski definition) is 7. The van der Waals surface area contributed by atoms with Gasteiger partial charge in [-0.2, -0.15) is 4.31 Å². The molecule has 162 valence electrons. The topological polar surface area (TPSA) is 115 Å². The van der Waals surface area contributed by atoms with Gasteiger partial charge in [-0.3, -0.25) is 4.79 Å². The first-order valence-corrected chi connectivity index (χ1v) is 10.8. The normalized spacial score (nSPS) is 18.1. The quantitative estimate of drug-likeness (QED) is 0.628. The highest BCUT2D eigenvalue weighted by Crippen LogP contribution is 2.21. The molecule has 1 amide bonds. The predicted octanol–water partition coefficient (Wildman–Crippen LogP) is 0.532. The van der Waals surface area contributed by atoms with Gasteiger partial charge < -0.3 is 20.1 Å². The number of carbonyl (C=O) groups is 1. The Balaban J connectivity index is 0.000000313. The predicted molar refractivity (Wildman–Crippen MR) is 104 cm³/mol. The van der Waals surface area contributed by atoms with E-state index in [9.17, 15) is 17.6 Å². The van der Waals surface area contributed by atoms with Gasteiger partial charge in [0.15, 0.2) is 0 Å². The Morgan fingerprint density at radius 3 is 2.41 bits per heavy atom. The third-order valence-corrected chi connectivity index (χ3v) is 6.31. The smallest absolute Gasteiger partial charge is 0.244 e. The van der Waals surface area contributed by atoms with E-state index in [1.165, 1.54) is 22.6 Å². The molecule has 2 N–H and O–H groups in total. The van der Waals surface area contributed by atoms with Crippen molar-refractivity contribution in [2.75, 3.05) is 52.5 Å². The zero-order chi connectivity index (χ0) is 21.1. The number of rotatable bonds is 7. The van der Waals surface area contributed by atoms with Gasteiger partial charge in [0.05, 0.1) is 25.7 Å². The van der Waals surface area contributed by atoms with E-state index in [4.69, 9.17) is 15.2 Å². The van der Waals surface area contributed by atoms with E-state index in [1.807, 2.05) is 0 Å². The molecule has 0 aromatic carbocycles. The molecule has 9 nitrogen and oxygen atoms in total. The average Bonchev–Trinajstić information content (AvgIpc) is 3.32. The Kier molecular flexibility index (Phi) is 9.45. The molecule has 2 aliphatic rings. The van der Waals surface area contributed by atoms with Crippen LogP contribution < -0.4 is 10.5 Å². The first-order valence-electron chi connectivity index (χ1n) is 9.35. The molecule has 0 aliphatic carbocycles. The highest BCUT2D eigenvalue weighted by Gasteiger charge is 2.27. The van der Waals surface area contributed by atoms with Crippen LogP contribution in [0.1, 0.15) is 12.8 Å². The Morgan fingerprint density at radius 2 is 1.93 bits per heavy atom. The van der Waals surface area contributed by atoms with Crippen molar-refractivity contribution in [3.8, 4) is 5.88 Å². The van der Waals surface area contributed by atoms with Gasteiger partial charge in [-0.15, -0.1) is 0 Å². The maximum Gasteiger partial charge on any atom is 0.244 e. The number of hydrogen-bond donors (Lipinski definition) is 1. The summed E-state index contributed by atoms with van der Waals surface area (Å²) in [6.45, 7) is 4.02. The number of carbonyl (C=O) groups excluding carboxylic acids is 1. The maximum atomic E-state index is 12.3. The fourth-order valence-electron chi connectivity index (χ4n) is 2.67. The minimum Gasteiger partial charge on any atom is -0.473 e. The Morgan fingerprint density at radius 1 is 1.24 bits per heavy atom. The number of ether oxygens (including phenoxy) is 2. The molecule has 0 unspecified atom stereocenters. The molecular formula is C18H27FN4O5S. The number of pyridine rings is 1. The van der Waals surface area contributed by atoms with Crippen LogP contribution in [0.4, 0.5) is 4.39 Å². The molecule has 0 saturated carbocycles. The molecule has 0 spiro atoms. The van der Waals surface area contributed by atoms with E-state index < -0.39 is 10.0 Å². The molecule has 0 radical (unpaired) electrons. The number of aromatic nitrogens is 1. The van der Waals surface area contributed by atoms with E-state index in [1.54, 1.807) is 4.90 Å². The molecule has 2 saturated heterocycles. The van der Waals surface area contributed by atoms with E-state index in [2.05, 4.69) is 4.98 Å². The molecule has 2 aliphatic heterocycles. The third-order valence-electron chi connectivity index (χ3n) is 4.43. The highest BCUT2D eigenvalue weighted by atomic mass is 32.2. The van der Waals surface area contributed by atoms with Crippen LogP contribution in [0, 0.1) is 0 Å². The molecule has 2 fully saturated rings. The summed E-state index contributed by atoms with van der Waals surface area (Å²) in [5.41, 5.74) is 5.60. The van der Waals surface area contributed by atoms with Crippen LogP contribution in [0.2, 0.25) is 0 Å². The number of nitrogens with two attached hydrogens (primary N) is 1. The molecule has 1 aromatic rings. The van der Waals surface area contributed by atoms with Crippen molar-refractivity contribution in [1.82, 2.24) is 14.2 Å². The van der Waals surface area contributed by atoms with Gasteiger partial charge in [0.1, 0.15) is 11.5 Å². The monoisotopic (exact) mass is 430 g/mol. The second kappa shape index (κ2) is 11.8. The van der Waals surface area contributed by atoms with Gasteiger partial charge in [0.25, 0.3) is 0 Å². The van der Waals surface area contributed by atoms with Gasteiger partial charge in [-0.25, -0.2) is 17.8 Å². The van der Waals surface area contributed by atoms with Crippen molar-refractivity contribution in [3.05, 3.63) is 30.2 Å². The minimum absolute atomic E-state index is 0.0157. The summed E-state index contributed by atoms with van der Waals surface area (Å²) in [5.74, 6) is 0.225. The largest absolute Gasteiger partial charge is 0.473 e. The number of morpholine rings is 1. The third kappa shape index (κ3) is 7.03. The molecule has 0 atom stereocenters. The highest BCUT2D eigenvalue weighted by molar-refractivity contribution is 7.89. The van der Waals surface area contributed by atoms with E-state index >= 15 is 0 Å². The van der Waals surface area contributed by atoms with E-state index in [-0.39, 0.29) is 23.9 Å². The number of nitrogens with zero attached hydrogens (tertiary/aromatic N) is 3. The first kappa shape index (κ1) is 23.2. The molecule has 0 bridgehead atoms. The van der Waals surface area contributed by atoms with Crippen LogP contribution in [0.25, 0.3) is 0 Å². The summed E-state index contributed by atoms with van der Waals surface area (Å²) < 4.78 is 48.6. The number of halogens is 1. The molecule has 1 aromatic heterocycles. The van der Waals surface area contributed by atoms with Gasteiger partial charge in [0, 0.05) is 44.4 Å². The lowest BCUT2D eigenvalue weighted by atomic mass is 10.3. The van der Waals surface area contributed by atoms with Crippen LogP contribution in [0.15, 0.2) is 35.1 Å². The van der Waals surface area contributed by atoms with Crippen molar-refractivity contribution in [2.24, 2.45) is 5.73 Å². The van der Waals surface area contributed by atoms with Crippen molar-refractivity contribution in [3.63, 3.8) is 0 Å². The molecule has 11 heteroatoms. The Bertz CT molecular complexity index is 761. The van der Waals surface area contributed by atoms with Crippen LogP contribution in [0.3, 0.4) is 0 Å². The number of amides is 1. The second-order valence-electron chi connectivity index (χ2n) is 6.46. The molecule has 3 heterocycles. The Hall–Kier alpha value is -2.08. The fourth-order valence-corrected chi connectivity index (χ4v) is 4.13. The lowest BCUT2D eigenvalue weighted by molar-refractivity contribution is -0.121. The van der Waals surface area contributed by atoms with Crippen molar-refractivity contribution in [2.45, 2.75) is 17.7 Å². The summed E-state index contributed by atoms with van der Waals surface area (Å²) in [4.78, 5) is 15.8. The van der Waals surface area contributed by atoms with Gasteiger partial charge in [0.2, 0.25) is 22.3 Å². The van der Waals surface area contributed by atoms with Crippen molar-refractivity contribution >= 4 is 16.4 Å². The summed E-state index contributed by atoms with van der Waals surface area (Å²) in [5, 5.41) is 0. The summed E-state index contributed by atoms with van der Waals surface area (Å²) >= 11 is 0. The lowest BCUT2D eigenvalue weighted by Crippen LogP contribution is -2.34. The fraction of sp³-hybridized carbons (Fsp3) is 0.556. The van der Waals surface area contributed by atoms with Crippen LogP contribution >= 0.6 is 0 Å². The van der Waals surface area contributed by atoms with E-state index in [0.29, 0.717) is 38.2 Å². The zero-order valence-electron chi connectivity index (χ0n) is 16.2. The maximum absolute atomic E-state index is 12.3. The number of sulfonamides is 1. The zero-order valence-corrected chi connectivity index (χ0v) is 17.0. The molecule has 29 heavy (non-hydrogen) atoms. The molecule has 3 rings (SSSR count). The van der Waals surface area contributed by atoms with Gasteiger partial charge >= 0.3 is 0 Å². The SMILES string of the molecule is NC/C(=C/F)COc1ccc(S(=O)(=O)N2CCCC2)cn1.O=CN1CCOCC1. The van der Waals surface area contributed by atoms with Gasteiger partial charge in [-0.05, 0) is 18.9 Å². The lowest BCUT2D eigenvalue weighted by Gasteiger charge is -2.21. The van der Waals surface area contributed by atoms with Crippen molar-refractivity contribution < 1.29 is 27.1 Å². The van der Waals surface area contributed by atoms with E-state index in [0.717, 1.165) is 32.3 Å². The first-order chi connectivity index (χ1) is 14.0. The Labute approximate surface area is 170 Å². The van der Waals surface area contributed by atoms with Crippen molar-refractivity contribution in [1.29, 1.82) is 0 Å². The second-order valence-corrected chi connectivity index (χ2v) is 8.40. The minimum atomic E-state index is -3.47. The van der Waals surface area contributed by atoms with Crippen LogP contribution in [-0.2, 0) is 19.6 Å². The van der Waals surface area contributed by atoms with Crippen LogP contribution in [0.5, 0.6) is 5.88 Å². The molecular weight excluding hydrogens is 403 g/mol. The van der Waals surface area contributed by atoms with Gasteiger partial charge in [-0.1, -0.05) is 0 Å². The summed E-state index contributed by atoms with van der Waals surface area (Å²) in [6.07, 6.45) is 4.27. The summed E-state index contributed by atoms with van der Waals surface area (Å²) in [6, 6.07) is 2.90. The standard InChI is InChI=1S/C13H18FN3O3S.C5H9NO2/c14-7-11(8-15)10-20-13-4-3-12(9-16-13)21(18,19)17-5-1-2-6-17;7-5-6-1-3-8-4-2-6/h3-4,7,9H,1-2,5-6,8,10,15H2;5H,1-4H2/b11-7-;.